The van der Waals surface area contributed by atoms with Crippen LogP contribution in [0.25, 0.3) is 0 Å². The van der Waals surface area contributed by atoms with E-state index in [0.717, 1.165) is 13.1 Å². The monoisotopic (exact) mass is 173 g/mol. The van der Waals surface area contributed by atoms with Crippen LogP contribution in [0.2, 0.25) is 0 Å². The van der Waals surface area contributed by atoms with E-state index in [2.05, 4.69) is 0 Å². The van der Waals surface area contributed by atoms with Gasteiger partial charge in [0.25, 0.3) is 0 Å². The van der Waals surface area contributed by atoms with E-state index in [0.29, 0.717) is 6.42 Å². The van der Waals surface area contributed by atoms with E-state index in [1.165, 1.54) is 0 Å². The lowest BCUT2D eigenvalue weighted by molar-refractivity contribution is -0.142. The van der Waals surface area contributed by atoms with E-state index >= 15 is 0 Å². The Morgan fingerprint density at radius 1 is 1.75 bits per heavy atom. The lowest BCUT2D eigenvalue weighted by atomic mass is 10.2. The number of methoxy groups -OCH3 is 1. The highest BCUT2D eigenvalue weighted by molar-refractivity contribution is 5.74. The van der Waals surface area contributed by atoms with Crippen molar-refractivity contribution in [3.8, 4) is 0 Å². The van der Waals surface area contributed by atoms with Crippen molar-refractivity contribution in [3.05, 3.63) is 0 Å². The van der Waals surface area contributed by atoms with Gasteiger partial charge >= 0.3 is 5.97 Å². The fourth-order valence-corrected chi connectivity index (χ4v) is 1.64. The third-order valence-electron chi connectivity index (χ3n) is 2.39. The molecule has 1 N–H and O–H groups in total. The van der Waals surface area contributed by atoms with E-state index < -0.39 is 5.97 Å². The zero-order valence-electron chi connectivity index (χ0n) is 7.49. The Hall–Kier alpha value is -0.610. The summed E-state index contributed by atoms with van der Waals surface area (Å²) >= 11 is 0. The summed E-state index contributed by atoms with van der Waals surface area (Å²) in [5.41, 5.74) is 0. The Bertz CT molecular complexity index is 172. The lowest BCUT2D eigenvalue weighted by Crippen LogP contribution is -2.35. The zero-order chi connectivity index (χ0) is 9.14. The largest absolute Gasteiger partial charge is 0.480 e. The first-order chi connectivity index (χ1) is 5.69. The number of aliphatic carboxylic acids is 1. The number of carbonyl (C=O) groups is 1. The number of ether oxygens (including phenoxy) is 1. The topological polar surface area (TPSA) is 49.8 Å². The molecule has 0 radical (unpaired) electrons. The molecule has 0 amide bonds. The lowest BCUT2D eigenvalue weighted by Gasteiger charge is -2.17. The quantitative estimate of drug-likeness (QED) is 0.661. The second-order valence-electron chi connectivity index (χ2n) is 3.04. The van der Waals surface area contributed by atoms with Crippen LogP contribution in [0.3, 0.4) is 0 Å². The first kappa shape index (κ1) is 9.48. The van der Waals surface area contributed by atoms with E-state index in [4.69, 9.17) is 9.84 Å². The molecule has 2 atom stereocenters. The predicted octanol–water partition coefficient (Wildman–Crippen LogP) is 0.180. The Morgan fingerprint density at radius 3 is 2.75 bits per heavy atom. The van der Waals surface area contributed by atoms with Crippen LogP contribution in [0.5, 0.6) is 0 Å². The van der Waals surface area contributed by atoms with Crippen LogP contribution in [0.15, 0.2) is 0 Å². The summed E-state index contributed by atoms with van der Waals surface area (Å²) in [5, 5.41) is 8.83. The second kappa shape index (κ2) is 3.87. The summed E-state index contributed by atoms with van der Waals surface area (Å²) in [6.45, 7) is 3.48. The highest BCUT2D eigenvalue weighted by atomic mass is 16.5. The number of likely N-dealkylation sites (N-methyl/N-ethyl adjacent to an activating group) is 1. The van der Waals surface area contributed by atoms with Crippen molar-refractivity contribution in [1.82, 2.24) is 4.90 Å². The molecule has 0 saturated carbocycles. The molecule has 4 nitrogen and oxygen atoms in total. The molecule has 1 fully saturated rings. The summed E-state index contributed by atoms with van der Waals surface area (Å²) in [5.74, 6) is -0.739. The van der Waals surface area contributed by atoms with Gasteiger partial charge in [-0.25, -0.2) is 0 Å². The maximum atomic E-state index is 10.7. The van der Waals surface area contributed by atoms with Crippen LogP contribution in [0.1, 0.15) is 13.3 Å². The van der Waals surface area contributed by atoms with Gasteiger partial charge in [0.05, 0.1) is 6.10 Å². The van der Waals surface area contributed by atoms with Crippen molar-refractivity contribution in [1.29, 1.82) is 0 Å². The summed E-state index contributed by atoms with van der Waals surface area (Å²) in [6, 6.07) is -0.347. The highest BCUT2D eigenvalue weighted by Gasteiger charge is 2.35. The number of carboxylic acid groups (broad SMARTS) is 1. The molecule has 1 heterocycles. The van der Waals surface area contributed by atoms with Gasteiger partial charge in [-0.3, -0.25) is 9.69 Å². The Morgan fingerprint density at radius 2 is 2.42 bits per heavy atom. The minimum atomic E-state index is -0.739. The van der Waals surface area contributed by atoms with Gasteiger partial charge in [-0.2, -0.15) is 0 Å². The van der Waals surface area contributed by atoms with Crippen molar-refractivity contribution in [3.63, 3.8) is 0 Å². The van der Waals surface area contributed by atoms with Gasteiger partial charge in [0.15, 0.2) is 0 Å². The molecule has 70 valence electrons. The van der Waals surface area contributed by atoms with E-state index in [9.17, 15) is 4.79 Å². The predicted molar refractivity (Wildman–Crippen MR) is 44.1 cm³/mol. The number of rotatable bonds is 3. The molecule has 0 bridgehead atoms. The van der Waals surface area contributed by atoms with Gasteiger partial charge in [-0.15, -0.1) is 0 Å². The zero-order valence-corrected chi connectivity index (χ0v) is 7.49. The van der Waals surface area contributed by atoms with E-state index in [-0.39, 0.29) is 12.1 Å². The van der Waals surface area contributed by atoms with Crippen LogP contribution in [0.4, 0.5) is 0 Å². The normalized spacial score (nSPS) is 30.8. The van der Waals surface area contributed by atoms with Gasteiger partial charge < -0.3 is 9.84 Å². The Balaban J connectivity index is 2.56. The molecule has 4 heteroatoms. The number of hydrogen-bond donors (Lipinski definition) is 1. The van der Waals surface area contributed by atoms with E-state index in [1.807, 2.05) is 11.8 Å². The number of likely N-dealkylation sites (tertiary alicyclic amines) is 1. The molecule has 1 rings (SSSR count). The first-order valence-corrected chi connectivity index (χ1v) is 4.18. The first-order valence-electron chi connectivity index (χ1n) is 4.18. The second-order valence-corrected chi connectivity index (χ2v) is 3.04. The Labute approximate surface area is 72.1 Å². The highest BCUT2D eigenvalue weighted by Crippen LogP contribution is 2.19. The molecule has 1 aliphatic rings. The average Bonchev–Trinajstić information content (AvgIpc) is 2.47. The van der Waals surface area contributed by atoms with Crippen LogP contribution >= 0.6 is 0 Å². The van der Waals surface area contributed by atoms with Crippen molar-refractivity contribution in [2.24, 2.45) is 0 Å². The van der Waals surface area contributed by atoms with Crippen LogP contribution in [-0.4, -0.2) is 48.3 Å². The molecule has 0 unspecified atom stereocenters. The standard InChI is InChI=1S/C8H15NO3/c1-3-9-5-6(12-2)4-7(9)8(10)11/h6-7H,3-5H2,1-2H3,(H,10,11)/t6-,7+/m1/s1. The summed E-state index contributed by atoms with van der Waals surface area (Å²) in [7, 11) is 1.63. The fourth-order valence-electron chi connectivity index (χ4n) is 1.64. The molecule has 0 aromatic heterocycles. The number of hydrogen-bond acceptors (Lipinski definition) is 3. The van der Waals surface area contributed by atoms with Crippen LogP contribution in [-0.2, 0) is 9.53 Å². The summed E-state index contributed by atoms with van der Waals surface area (Å²) in [4.78, 5) is 12.7. The smallest absolute Gasteiger partial charge is 0.321 e. The summed E-state index contributed by atoms with van der Waals surface area (Å²) in [6.07, 6.45) is 0.700. The average molecular weight is 173 g/mol. The van der Waals surface area contributed by atoms with Gasteiger partial charge in [0.2, 0.25) is 0 Å². The van der Waals surface area contributed by atoms with E-state index in [1.54, 1.807) is 7.11 Å². The van der Waals surface area contributed by atoms with Crippen molar-refractivity contribution in [2.45, 2.75) is 25.5 Å². The third kappa shape index (κ3) is 1.76. The van der Waals surface area contributed by atoms with Crippen molar-refractivity contribution < 1.29 is 14.6 Å². The Kier molecular flexibility index (Phi) is 3.05. The fraction of sp³-hybridized carbons (Fsp3) is 0.875. The maximum absolute atomic E-state index is 10.7. The van der Waals surface area contributed by atoms with Gasteiger partial charge in [-0.1, -0.05) is 6.92 Å². The van der Waals surface area contributed by atoms with Gasteiger partial charge in [0.1, 0.15) is 6.04 Å². The van der Waals surface area contributed by atoms with Crippen molar-refractivity contribution >= 4 is 5.97 Å². The number of carboxylic acids is 1. The molecule has 0 spiro atoms. The van der Waals surface area contributed by atoms with Crippen LogP contribution < -0.4 is 0 Å². The number of nitrogens with zero attached hydrogens (tertiary/aromatic N) is 1. The summed E-state index contributed by atoms with van der Waals surface area (Å²) < 4.78 is 5.12. The molecule has 0 aromatic carbocycles. The van der Waals surface area contributed by atoms with Crippen LogP contribution in [0, 0.1) is 0 Å². The molecular weight excluding hydrogens is 158 g/mol. The molecule has 0 aliphatic carbocycles. The van der Waals surface area contributed by atoms with Gasteiger partial charge in [-0.05, 0) is 6.54 Å². The third-order valence-corrected chi connectivity index (χ3v) is 2.39. The molecule has 0 aromatic rings. The maximum Gasteiger partial charge on any atom is 0.321 e. The SMILES string of the molecule is CCN1C[C@H](OC)C[C@H]1C(=O)O. The van der Waals surface area contributed by atoms with Gasteiger partial charge in [0, 0.05) is 20.1 Å². The molecule has 1 aliphatic heterocycles. The van der Waals surface area contributed by atoms with Crippen molar-refractivity contribution in [2.75, 3.05) is 20.2 Å². The molecule has 1 saturated heterocycles. The minimum Gasteiger partial charge on any atom is -0.480 e. The minimum absolute atomic E-state index is 0.0889. The molecular formula is C8H15NO3. The molecule has 12 heavy (non-hydrogen) atoms.